The van der Waals surface area contributed by atoms with E-state index < -0.39 is 0 Å². The number of nitrogens with zero attached hydrogens (tertiary/aromatic N) is 1. The van der Waals surface area contributed by atoms with Gasteiger partial charge in [0.1, 0.15) is 0 Å². The molecule has 5 heteroatoms. The molecule has 1 aliphatic carbocycles. The molecule has 0 amide bonds. The first-order chi connectivity index (χ1) is 8.52. The summed E-state index contributed by atoms with van der Waals surface area (Å²) in [6, 6.07) is 8.83. The molecule has 19 heavy (non-hydrogen) atoms. The summed E-state index contributed by atoms with van der Waals surface area (Å²) in [6.07, 6.45) is 2.39. The van der Waals surface area contributed by atoms with Gasteiger partial charge >= 0.3 is 0 Å². The molecule has 0 aromatic heterocycles. The van der Waals surface area contributed by atoms with Gasteiger partial charge in [-0.2, -0.15) is 0 Å². The maximum absolute atomic E-state index is 5.85. The first-order valence-electron chi connectivity index (χ1n) is 6.34. The molecule has 0 bridgehead atoms. The minimum Gasteiger partial charge on any atom is -0.370 e. The van der Waals surface area contributed by atoms with Crippen molar-refractivity contribution in [1.29, 1.82) is 0 Å². The lowest BCUT2D eigenvalue weighted by Gasteiger charge is -2.15. The van der Waals surface area contributed by atoms with Crippen LogP contribution in [-0.2, 0) is 5.41 Å². The van der Waals surface area contributed by atoms with E-state index in [4.69, 9.17) is 5.73 Å². The van der Waals surface area contributed by atoms with E-state index >= 15 is 0 Å². The van der Waals surface area contributed by atoms with Gasteiger partial charge in [0, 0.05) is 15.9 Å². The summed E-state index contributed by atoms with van der Waals surface area (Å²) in [5, 5.41) is 3.12. The first-order valence-corrected chi connectivity index (χ1v) is 7.14. The van der Waals surface area contributed by atoms with Crippen LogP contribution in [0.2, 0.25) is 0 Å². The van der Waals surface area contributed by atoms with Crippen molar-refractivity contribution in [1.82, 2.24) is 5.32 Å². The third kappa shape index (κ3) is 4.63. The predicted octanol–water partition coefficient (Wildman–Crippen LogP) is 3.41. The van der Waals surface area contributed by atoms with Crippen LogP contribution in [0.3, 0.4) is 0 Å². The Morgan fingerprint density at radius 3 is 2.68 bits per heavy atom. The third-order valence-corrected chi connectivity index (χ3v) is 3.77. The van der Waals surface area contributed by atoms with Crippen LogP contribution < -0.4 is 11.1 Å². The van der Waals surface area contributed by atoms with E-state index in [0.29, 0.717) is 12.0 Å². The second-order valence-electron chi connectivity index (χ2n) is 5.29. The van der Waals surface area contributed by atoms with Crippen LogP contribution in [0, 0.1) is 0 Å². The van der Waals surface area contributed by atoms with Crippen molar-refractivity contribution in [3.8, 4) is 0 Å². The SMILES string of the molecule is CC(C)NC(N)=NCC1(c2cccc(Br)c2)CC1.I. The van der Waals surface area contributed by atoms with E-state index in [9.17, 15) is 0 Å². The van der Waals surface area contributed by atoms with Gasteiger partial charge in [0.05, 0.1) is 6.54 Å². The molecule has 0 atom stereocenters. The van der Waals surface area contributed by atoms with Gasteiger partial charge in [0.15, 0.2) is 5.96 Å². The highest BCUT2D eigenvalue weighted by atomic mass is 127. The first kappa shape index (κ1) is 16.8. The summed E-state index contributed by atoms with van der Waals surface area (Å²) in [5.41, 5.74) is 7.42. The molecule has 0 aliphatic heterocycles. The summed E-state index contributed by atoms with van der Waals surface area (Å²) in [4.78, 5) is 4.47. The van der Waals surface area contributed by atoms with Crippen LogP contribution in [0.15, 0.2) is 33.7 Å². The highest BCUT2D eigenvalue weighted by Crippen LogP contribution is 2.48. The zero-order valence-electron chi connectivity index (χ0n) is 11.3. The standard InChI is InChI=1S/C14H20BrN3.HI/c1-10(2)18-13(16)17-9-14(6-7-14)11-4-3-5-12(15)8-11;/h3-5,8,10H,6-7,9H2,1-2H3,(H3,16,17,18);1H. The molecule has 1 saturated carbocycles. The molecule has 0 saturated heterocycles. The Kier molecular flexibility index (Phi) is 6.11. The van der Waals surface area contributed by atoms with Gasteiger partial charge in [0.2, 0.25) is 0 Å². The smallest absolute Gasteiger partial charge is 0.188 e. The van der Waals surface area contributed by atoms with Crippen molar-refractivity contribution in [2.45, 2.75) is 38.1 Å². The van der Waals surface area contributed by atoms with E-state index in [1.165, 1.54) is 18.4 Å². The highest BCUT2D eigenvalue weighted by Gasteiger charge is 2.44. The summed E-state index contributed by atoms with van der Waals surface area (Å²) in [5.74, 6) is 0.547. The normalized spacial score (nSPS) is 16.9. The van der Waals surface area contributed by atoms with Crippen molar-refractivity contribution in [2.75, 3.05) is 6.54 Å². The van der Waals surface area contributed by atoms with Crippen molar-refractivity contribution < 1.29 is 0 Å². The van der Waals surface area contributed by atoms with E-state index in [1.54, 1.807) is 0 Å². The minimum absolute atomic E-state index is 0. The Hall–Kier alpha value is -0.300. The number of nitrogens with one attached hydrogen (secondary N) is 1. The number of nitrogens with two attached hydrogens (primary N) is 1. The Morgan fingerprint density at radius 1 is 1.47 bits per heavy atom. The summed E-state index contributed by atoms with van der Waals surface area (Å²) in [6.45, 7) is 4.89. The zero-order chi connectivity index (χ0) is 13.2. The number of hydrogen-bond donors (Lipinski definition) is 2. The summed E-state index contributed by atoms with van der Waals surface area (Å²) >= 11 is 3.52. The predicted molar refractivity (Wildman–Crippen MR) is 95.2 cm³/mol. The topological polar surface area (TPSA) is 50.4 Å². The van der Waals surface area contributed by atoms with Crippen LogP contribution in [-0.4, -0.2) is 18.5 Å². The van der Waals surface area contributed by atoms with Gasteiger partial charge in [-0.15, -0.1) is 24.0 Å². The third-order valence-electron chi connectivity index (χ3n) is 3.28. The largest absolute Gasteiger partial charge is 0.370 e. The second-order valence-corrected chi connectivity index (χ2v) is 6.21. The molecule has 3 N–H and O–H groups in total. The van der Waals surface area contributed by atoms with Crippen molar-refractivity contribution in [2.24, 2.45) is 10.7 Å². The number of guanidine groups is 1. The lowest BCUT2D eigenvalue weighted by atomic mass is 9.96. The molecule has 2 rings (SSSR count). The average Bonchev–Trinajstić information content (AvgIpc) is 3.06. The lowest BCUT2D eigenvalue weighted by molar-refractivity contribution is 0.684. The molecule has 1 aliphatic rings. The molecule has 1 fully saturated rings. The van der Waals surface area contributed by atoms with Gasteiger partial charge in [0.25, 0.3) is 0 Å². The van der Waals surface area contributed by atoms with Gasteiger partial charge < -0.3 is 11.1 Å². The molecular formula is C14H21BrIN3. The van der Waals surface area contributed by atoms with E-state index in [-0.39, 0.29) is 29.4 Å². The fourth-order valence-electron chi connectivity index (χ4n) is 2.09. The average molecular weight is 438 g/mol. The molecule has 1 aromatic carbocycles. The second kappa shape index (κ2) is 6.92. The van der Waals surface area contributed by atoms with E-state index in [2.05, 4.69) is 64.4 Å². The van der Waals surface area contributed by atoms with Crippen molar-refractivity contribution in [3.63, 3.8) is 0 Å². The molecule has 0 heterocycles. The van der Waals surface area contributed by atoms with Crippen LogP contribution in [0.25, 0.3) is 0 Å². The van der Waals surface area contributed by atoms with E-state index in [0.717, 1.165) is 11.0 Å². The molecule has 3 nitrogen and oxygen atoms in total. The Balaban J connectivity index is 0.00000180. The van der Waals surface area contributed by atoms with Crippen LogP contribution in [0.5, 0.6) is 0 Å². The van der Waals surface area contributed by atoms with Crippen LogP contribution in [0.4, 0.5) is 0 Å². The van der Waals surface area contributed by atoms with Crippen molar-refractivity contribution >= 4 is 45.9 Å². The fourth-order valence-corrected chi connectivity index (χ4v) is 2.48. The quantitative estimate of drug-likeness (QED) is 0.430. The van der Waals surface area contributed by atoms with Gasteiger partial charge in [-0.1, -0.05) is 28.1 Å². The number of hydrogen-bond acceptors (Lipinski definition) is 1. The van der Waals surface area contributed by atoms with Crippen LogP contribution >= 0.6 is 39.9 Å². The van der Waals surface area contributed by atoms with Gasteiger partial charge in [-0.3, -0.25) is 4.99 Å². The van der Waals surface area contributed by atoms with E-state index in [1.807, 2.05) is 0 Å². The minimum atomic E-state index is 0. The summed E-state index contributed by atoms with van der Waals surface area (Å²) in [7, 11) is 0. The molecule has 0 spiro atoms. The maximum atomic E-state index is 5.85. The fraction of sp³-hybridized carbons (Fsp3) is 0.500. The molecule has 0 radical (unpaired) electrons. The molecular weight excluding hydrogens is 417 g/mol. The Bertz CT molecular complexity index is 456. The monoisotopic (exact) mass is 437 g/mol. The van der Waals surface area contributed by atoms with Crippen molar-refractivity contribution in [3.05, 3.63) is 34.3 Å². The molecule has 106 valence electrons. The van der Waals surface area contributed by atoms with Gasteiger partial charge in [-0.05, 0) is 44.4 Å². The van der Waals surface area contributed by atoms with Gasteiger partial charge in [-0.25, -0.2) is 0 Å². The van der Waals surface area contributed by atoms with Crippen LogP contribution in [0.1, 0.15) is 32.3 Å². The molecule has 0 unspecified atom stereocenters. The zero-order valence-corrected chi connectivity index (χ0v) is 15.2. The number of benzene rings is 1. The molecule has 1 aromatic rings. The Labute approximate surface area is 140 Å². The maximum Gasteiger partial charge on any atom is 0.188 e. The number of halogens is 2. The summed E-state index contributed by atoms with van der Waals surface area (Å²) < 4.78 is 1.13. The Morgan fingerprint density at radius 2 is 2.16 bits per heavy atom. The number of rotatable bonds is 4. The number of aliphatic imine (C=N–C) groups is 1. The lowest BCUT2D eigenvalue weighted by Crippen LogP contribution is -2.37. The highest BCUT2D eigenvalue weighted by molar-refractivity contribution is 14.0.